The molecule has 1 aromatic carbocycles. The minimum Gasteiger partial charge on any atom is -0.342 e. The van der Waals surface area contributed by atoms with E-state index in [0.717, 1.165) is 15.8 Å². The lowest BCUT2D eigenvalue weighted by molar-refractivity contribution is -0.120. The summed E-state index contributed by atoms with van der Waals surface area (Å²) < 4.78 is 1.03. The molecule has 1 aliphatic carbocycles. The molecule has 1 fully saturated rings. The number of nitrogens with one attached hydrogen (secondary N) is 1. The second kappa shape index (κ2) is 6.64. The Morgan fingerprint density at radius 3 is 2.70 bits per heavy atom. The molecule has 0 aromatic heterocycles. The molecule has 0 aliphatic heterocycles. The van der Waals surface area contributed by atoms with E-state index in [2.05, 4.69) is 28.2 Å². The van der Waals surface area contributed by atoms with Gasteiger partial charge in [0.15, 0.2) is 0 Å². The predicted octanol–water partition coefficient (Wildman–Crippen LogP) is 3.74. The van der Waals surface area contributed by atoms with E-state index in [1.165, 1.54) is 12.8 Å². The van der Waals surface area contributed by atoms with E-state index in [1.54, 1.807) is 11.8 Å². The smallest absolute Gasteiger partial charge is 0.234 e. The molecule has 0 bridgehead atoms. The van der Waals surface area contributed by atoms with Crippen LogP contribution >= 0.6 is 27.7 Å². The number of amides is 1. The highest BCUT2D eigenvalue weighted by Gasteiger charge is 2.41. The molecule has 5 heteroatoms. The van der Waals surface area contributed by atoms with Gasteiger partial charge in [0.05, 0.1) is 11.3 Å². The number of hydrogen-bond acceptors (Lipinski definition) is 3. The Balaban J connectivity index is 2.03. The summed E-state index contributed by atoms with van der Waals surface area (Å²) in [6.45, 7) is 2.30. The second-order valence-electron chi connectivity index (χ2n) is 5.45. The van der Waals surface area contributed by atoms with E-state index in [0.29, 0.717) is 5.41 Å². The van der Waals surface area contributed by atoms with Gasteiger partial charge in [0.1, 0.15) is 6.54 Å². The van der Waals surface area contributed by atoms with Crippen molar-refractivity contribution in [2.45, 2.75) is 36.3 Å². The normalized spacial score (nSPS) is 17.1. The number of nitrogens with zero attached hydrogens (tertiary/aromatic N) is 1. The molecule has 0 heterocycles. The van der Waals surface area contributed by atoms with Crippen LogP contribution in [0.2, 0.25) is 0 Å². The van der Waals surface area contributed by atoms with Crippen molar-refractivity contribution in [3.05, 3.63) is 28.7 Å². The minimum atomic E-state index is -0.128. The third-order valence-electron chi connectivity index (χ3n) is 3.51. The maximum Gasteiger partial charge on any atom is 0.234 e. The van der Waals surface area contributed by atoms with Crippen molar-refractivity contribution >= 4 is 33.6 Å². The number of thioether (sulfide) groups is 1. The largest absolute Gasteiger partial charge is 0.342 e. The summed E-state index contributed by atoms with van der Waals surface area (Å²) in [6, 6.07) is 9.93. The summed E-state index contributed by atoms with van der Waals surface area (Å²) >= 11 is 4.99. The van der Waals surface area contributed by atoms with Crippen molar-refractivity contribution in [1.82, 2.24) is 5.32 Å². The van der Waals surface area contributed by atoms with Gasteiger partial charge in [-0.05, 0) is 48.9 Å². The van der Waals surface area contributed by atoms with Crippen molar-refractivity contribution in [3.8, 4) is 6.07 Å². The van der Waals surface area contributed by atoms with Crippen LogP contribution in [0.15, 0.2) is 33.6 Å². The summed E-state index contributed by atoms with van der Waals surface area (Å²) in [6.07, 6.45) is 3.25. The maximum absolute atomic E-state index is 12.2. The predicted molar refractivity (Wildman–Crippen MR) is 84.4 cm³/mol. The molecule has 1 unspecified atom stereocenters. The van der Waals surface area contributed by atoms with Gasteiger partial charge < -0.3 is 5.32 Å². The highest BCUT2D eigenvalue weighted by atomic mass is 79.9. The molecule has 1 atom stereocenters. The first-order valence-electron chi connectivity index (χ1n) is 6.59. The van der Waals surface area contributed by atoms with Crippen LogP contribution in [0.25, 0.3) is 0 Å². The topological polar surface area (TPSA) is 52.9 Å². The van der Waals surface area contributed by atoms with Gasteiger partial charge in [-0.2, -0.15) is 5.26 Å². The number of halogens is 1. The Bertz CT molecular complexity index is 520. The number of rotatable bonds is 6. The monoisotopic (exact) mass is 352 g/mol. The zero-order chi connectivity index (χ0) is 14.6. The Kier molecular flexibility index (Phi) is 5.11. The lowest BCUT2D eigenvalue weighted by atomic mass is 10.0. The molecular formula is C15H17BrN2OS. The highest BCUT2D eigenvalue weighted by molar-refractivity contribution is 9.10. The lowest BCUT2D eigenvalue weighted by Gasteiger charge is -2.19. The summed E-state index contributed by atoms with van der Waals surface area (Å²) in [5.41, 5.74) is 0.303. The summed E-state index contributed by atoms with van der Waals surface area (Å²) in [4.78, 5) is 13.3. The van der Waals surface area contributed by atoms with Crippen LogP contribution in [0.5, 0.6) is 0 Å². The lowest BCUT2D eigenvalue weighted by Crippen LogP contribution is -2.34. The van der Waals surface area contributed by atoms with E-state index in [4.69, 9.17) is 5.26 Å². The third-order valence-corrected chi connectivity index (χ3v) is 5.25. The summed E-state index contributed by atoms with van der Waals surface area (Å²) in [5, 5.41) is 11.1. The van der Waals surface area contributed by atoms with Crippen LogP contribution < -0.4 is 5.32 Å². The molecule has 1 saturated carbocycles. The molecule has 0 spiro atoms. The minimum absolute atomic E-state index is 0.0346. The number of benzene rings is 1. The van der Waals surface area contributed by atoms with Crippen LogP contribution in [0.3, 0.4) is 0 Å². The fraction of sp³-hybridized carbons (Fsp3) is 0.467. The maximum atomic E-state index is 12.2. The first-order valence-corrected chi connectivity index (χ1v) is 8.27. The van der Waals surface area contributed by atoms with E-state index in [-0.39, 0.29) is 17.7 Å². The van der Waals surface area contributed by atoms with E-state index < -0.39 is 0 Å². The van der Waals surface area contributed by atoms with Crippen molar-refractivity contribution < 1.29 is 4.79 Å². The number of hydrogen-bond donors (Lipinski definition) is 1. The van der Waals surface area contributed by atoms with Crippen LogP contribution in [-0.4, -0.2) is 17.7 Å². The molecule has 0 radical (unpaired) electrons. The fourth-order valence-electron chi connectivity index (χ4n) is 1.97. The van der Waals surface area contributed by atoms with Crippen LogP contribution in [0.1, 0.15) is 26.2 Å². The zero-order valence-electron chi connectivity index (χ0n) is 11.4. The van der Waals surface area contributed by atoms with Crippen LogP contribution in [-0.2, 0) is 4.79 Å². The van der Waals surface area contributed by atoms with Crippen LogP contribution in [0, 0.1) is 16.7 Å². The second-order valence-corrected chi connectivity index (χ2v) is 7.64. The molecule has 1 aliphatic rings. The van der Waals surface area contributed by atoms with Crippen molar-refractivity contribution in [3.63, 3.8) is 0 Å². The molecule has 106 valence electrons. The Hall–Kier alpha value is -0.990. The molecule has 1 N–H and O–H groups in total. The SMILES string of the molecule is CC1(CC(Sc2ccc(Br)cc2)C(=O)NCC#N)CC1. The van der Waals surface area contributed by atoms with Gasteiger partial charge in [-0.3, -0.25) is 4.79 Å². The molecule has 1 amide bonds. The first-order chi connectivity index (χ1) is 9.52. The van der Waals surface area contributed by atoms with Gasteiger partial charge in [0.25, 0.3) is 0 Å². The van der Waals surface area contributed by atoms with Gasteiger partial charge in [0, 0.05) is 9.37 Å². The van der Waals surface area contributed by atoms with Gasteiger partial charge in [-0.1, -0.05) is 22.9 Å². The molecular weight excluding hydrogens is 336 g/mol. The van der Waals surface area contributed by atoms with Crippen molar-refractivity contribution in [2.24, 2.45) is 5.41 Å². The molecule has 0 saturated heterocycles. The molecule has 3 nitrogen and oxygen atoms in total. The Morgan fingerprint density at radius 2 is 2.15 bits per heavy atom. The van der Waals surface area contributed by atoms with Crippen molar-refractivity contribution in [2.75, 3.05) is 6.54 Å². The number of nitriles is 1. The van der Waals surface area contributed by atoms with E-state index in [9.17, 15) is 4.79 Å². The first kappa shape index (κ1) is 15.4. The third kappa shape index (κ3) is 4.53. The van der Waals surface area contributed by atoms with Gasteiger partial charge >= 0.3 is 0 Å². The van der Waals surface area contributed by atoms with Crippen LogP contribution in [0.4, 0.5) is 0 Å². The summed E-state index contributed by atoms with van der Waals surface area (Å²) in [7, 11) is 0. The average Bonchev–Trinajstić information content (AvgIpc) is 3.15. The zero-order valence-corrected chi connectivity index (χ0v) is 13.8. The molecule has 1 aromatic rings. The molecule has 20 heavy (non-hydrogen) atoms. The summed E-state index contributed by atoms with van der Waals surface area (Å²) in [5.74, 6) is -0.0346. The Labute approximate surface area is 132 Å². The van der Waals surface area contributed by atoms with E-state index in [1.807, 2.05) is 30.3 Å². The van der Waals surface area contributed by atoms with Gasteiger partial charge in [0.2, 0.25) is 5.91 Å². The quantitative estimate of drug-likeness (QED) is 0.626. The Morgan fingerprint density at radius 1 is 1.50 bits per heavy atom. The fourth-order valence-corrected chi connectivity index (χ4v) is 3.53. The van der Waals surface area contributed by atoms with Gasteiger partial charge in [-0.15, -0.1) is 11.8 Å². The van der Waals surface area contributed by atoms with E-state index >= 15 is 0 Å². The number of carbonyl (C=O) groups is 1. The van der Waals surface area contributed by atoms with Crippen molar-refractivity contribution in [1.29, 1.82) is 5.26 Å². The standard InChI is InChI=1S/C15H17BrN2OS/c1-15(6-7-15)10-13(14(19)18-9-8-17)20-12-4-2-11(16)3-5-12/h2-5,13H,6-7,9-10H2,1H3,(H,18,19). The highest BCUT2D eigenvalue weighted by Crippen LogP contribution is 2.51. The number of carbonyl (C=O) groups excluding carboxylic acids is 1. The molecule has 2 rings (SSSR count). The van der Waals surface area contributed by atoms with Gasteiger partial charge in [-0.25, -0.2) is 0 Å². The average molecular weight is 353 g/mol.